The second-order valence-corrected chi connectivity index (χ2v) is 9.39. The third-order valence-corrected chi connectivity index (χ3v) is 6.69. The Kier molecular flexibility index (Phi) is 7.14. The number of nitrogens with one attached hydrogen (secondary N) is 1. The summed E-state index contributed by atoms with van der Waals surface area (Å²) >= 11 is 1.54. The highest BCUT2D eigenvalue weighted by Gasteiger charge is 2.27. The van der Waals surface area contributed by atoms with Gasteiger partial charge in [0.15, 0.2) is 5.69 Å². The highest BCUT2D eigenvalue weighted by Crippen LogP contribution is 2.41. The van der Waals surface area contributed by atoms with Crippen molar-refractivity contribution >= 4 is 17.4 Å². The van der Waals surface area contributed by atoms with Crippen LogP contribution in [0.4, 0.5) is 5.69 Å². The van der Waals surface area contributed by atoms with Gasteiger partial charge in [-0.2, -0.15) is 4.98 Å². The number of hydrogen-bond donors (Lipinski definition) is 1. The van der Waals surface area contributed by atoms with E-state index in [9.17, 15) is 0 Å². The summed E-state index contributed by atoms with van der Waals surface area (Å²) in [6, 6.07) is 24.4. The van der Waals surface area contributed by atoms with Gasteiger partial charge in [-0.15, -0.1) is 10.2 Å². The monoisotopic (exact) mass is 484 g/mol. The van der Waals surface area contributed by atoms with Gasteiger partial charge in [-0.3, -0.25) is 0 Å². The van der Waals surface area contributed by atoms with Crippen LogP contribution in [-0.4, -0.2) is 21.8 Å². The lowest BCUT2D eigenvalue weighted by molar-refractivity contribution is 0.215. The first-order valence-electron chi connectivity index (χ1n) is 11.9. The van der Waals surface area contributed by atoms with Gasteiger partial charge in [0, 0.05) is 17.0 Å². The summed E-state index contributed by atoms with van der Waals surface area (Å²) in [6.07, 6.45) is 1.59. The molecule has 1 N–H and O–H groups in total. The van der Waals surface area contributed by atoms with E-state index in [1.807, 2.05) is 48.5 Å². The molecular formula is C28H28N4O2S. The normalized spacial score (nSPS) is 14.2. The zero-order chi connectivity index (χ0) is 24.0. The first-order valence-corrected chi connectivity index (χ1v) is 12.9. The van der Waals surface area contributed by atoms with Crippen LogP contribution in [0.2, 0.25) is 0 Å². The second kappa shape index (κ2) is 10.8. The summed E-state index contributed by atoms with van der Waals surface area (Å²) in [5, 5.41) is 13.0. The SMILES string of the molecule is CCCCOc1ccccc1[C@@H]1Nc2ccccc2-c2nnc(SCc3ccc(C)cc3)nc2O1. The Hall–Kier alpha value is -3.58. The Bertz CT molecular complexity index is 1300. The van der Waals surface area contributed by atoms with Crippen LogP contribution in [0, 0.1) is 6.92 Å². The summed E-state index contributed by atoms with van der Waals surface area (Å²) in [6.45, 7) is 4.90. The quantitative estimate of drug-likeness (QED) is 0.217. The standard InChI is InChI=1S/C28H28N4O2S/c1-3-4-17-33-24-12-8-6-10-22(24)26-29-23-11-7-5-9-21(23)25-27(34-26)30-28(32-31-25)35-18-20-15-13-19(2)14-16-20/h5-16,26,29H,3-4,17-18H2,1-2H3/t26-/m1/s1. The minimum atomic E-state index is -0.484. The van der Waals surface area contributed by atoms with Crippen LogP contribution in [0.3, 0.4) is 0 Å². The van der Waals surface area contributed by atoms with Crippen LogP contribution < -0.4 is 14.8 Å². The lowest BCUT2D eigenvalue weighted by atomic mass is 10.1. The Morgan fingerprint density at radius 1 is 0.971 bits per heavy atom. The molecule has 35 heavy (non-hydrogen) atoms. The minimum Gasteiger partial charge on any atom is -0.493 e. The van der Waals surface area contributed by atoms with E-state index in [-0.39, 0.29) is 0 Å². The molecule has 1 aliphatic rings. The van der Waals surface area contributed by atoms with Crippen molar-refractivity contribution in [2.24, 2.45) is 0 Å². The zero-order valence-electron chi connectivity index (χ0n) is 19.9. The molecule has 4 aromatic rings. The average molecular weight is 485 g/mol. The van der Waals surface area contributed by atoms with Crippen LogP contribution in [0.1, 0.15) is 42.7 Å². The van der Waals surface area contributed by atoms with Gasteiger partial charge < -0.3 is 14.8 Å². The summed E-state index contributed by atoms with van der Waals surface area (Å²) in [4.78, 5) is 4.77. The number of fused-ring (bicyclic) bond motifs is 3. The number of thioether (sulfide) groups is 1. The Morgan fingerprint density at radius 2 is 1.77 bits per heavy atom. The van der Waals surface area contributed by atoms with Gasteiger partial charge in [0.1, 0.15) is 5.75 Å². The van der Waals surface area contributed by atoms with E-state index < -0.39 is 6.23 Å². The largest absolute Gasteiger partial charge is 0.493 e. The maximum atomic E-state index is 6.46. The van der Waals surface area contributed by atoms with Gasteiger partial charge in [0.05, 0.1) is 12.2 Å². The maximum Gasteiger partial charge on any atom is 0.247 e. The van der Waals surface area contributed by atoms with Crippen LogP contribution in [0.5, 0.6) is 11.6 Å². The number of hydrogen-bond acceptors (Lipinski definition) is 7. The molecule has 1 aliphatic heterocycles. The Morgan fingerprint density at radius 3 is 2.63 bits per heavy atom. The van der Waals surface area contributed by atoms with Crippen molar-refractivity contribution in [1.82, 2.24) is 15.2 Å². The van der Waals surface area contributed by atoms with Crippen molar-refractivity contribution in [2.45, 2.75) is 43.8 Å². The molecule has 0 radical (unpaired) electrons. The van der Waals surface area contributed by atoms with Crippen LogP contribution in [-0.2, 0) is 5.75 Å². The summed E-state index contributed by atoms with van der Waals surface area (Å²) in [5.41, 5.74) is 5.81. The fourth-order valence-corrected chi connectivity index (χ4v) is 4.57. The lowest BCUT2D eigenvalue weighted by Crippen LogP contribution is -2.18. The number of ether oxygens (including phenoxy) is 2. The van der Waals surface area contributed by atoms with Gasteiger partial charge in [0.25, 0.3) is 0 Å². The van der Waals surface area contributed by atoms with Crippen LogP contribution >= 0.6 is 11.8 Å². The molecule has 0 fully saturated rings. The predicted octanol–water partition coefficient (Wildman–Crippen LogP) is 6.82. The van der Waals surface area contributed by atoms with Crippen molar-refractivity contribution in [2.75, 3.05) is 11.9 Å². The minimum absolute atomic E-state index is 0.456. The van der Waals surface area contributed by atoms with Gasteiger partial charge in [-0.05, 0) is 37.1 Å². The third-order valence-electron chi connectivity index (χ3n) is 5.78. The summed E-state index contributed by atoms with van der Waals surface area (Å²) < 4.78 is 12.6. The van der Waals surface area contributed by atoms with Crippen molar-refractivity contribution < 1.29 is 9.47 Å². The van der Waals surface area contributed by atoms with Gasteiger partial charge in [0.2, 0.25) is 17.3 Å². The molecule has 1 aromatic heterocycles. The first kappa shape index (κ1) is 23.2. The van der Waals surface area contributed by atoms with E-state index in [1.54, 1.807) is 11.8 Å². The van der Waals surface area contributed by atoms with Crippen molar-refractivity contribution in [3.05, 3.63) is 89.5 Å². The smallest absolute Gasteiger partial charge is 0.247 e. The Labute approximate surface area is 210 Å². The fourth-order valence-electron chi connectivity index (χ4n) is 3.84. The first-order chi connectivity index (χ1) is 17.2. The molecule has 0 saturated carbocycles. The molecular weight excluding hydrogens is 456 g/mol. The van der Waals surface area contributed by atoms with Gasteiger partial charge in [-0.25, -0.2) is 0 Å². The molecule has 1 atom stereocenters. The van der Waals surface area contributed by atoms with Crippen molar-refractivity contribution in [3.63, 3.8) is 0 Å². The van der Waals surface area contributed by atoms with Crippen LogP contribution in [0.25, 0.3) is 11.3 Å². The number of para-hydroxylation sites is 2. The number of benzene rings is 3. The highest BCUT2D eigenvalue weighted by molar-refractivity contribution is 7.98. The van der Waals surface area contributed by atoms with E-state index in [4.69, 9.17) is 14.5 Å². The Balaban J connectivity index is 1.46. The molecule has 5 rings (SSSR count). The van der Waals surface area contributed by atoms with E-state index in [1.165, 1.54) is 11.1 Å². The van der Waals surface area contributed by atoms with Crippen molar-refractivity contribution in [3.8, 4) is 22.9 Å². The molecule has 6 nitrogen and oxygen atoms in total. The molecule has 0 spiro atoms. The number of anilines is 1. The highest BCUT2D eigenvalue weighted by atomic mass is 32.2. The van der Waals surface area contributed by atoms with E-state index in [2.05, 4.69) is 53.6 Å². The third kappa shape index (κ3) is 5.41. The number of rotatable bonds is 8. The number of aromatic nitrogens is 3. The molecule has 0 saturated heterocycles. The van der Waals surface area contributed by atoms with E-state index >= 15 is 0 Å². The van der Waals surface area contributed by atoms with Gasteiger partial charge >= 0.3 is 0 Å². The topological polar surface area (TPSA) is 69.2 Å². The van der Waals surface area contributed by atoms with E-state index in [0.29, 0.717) is 23.3 Å². The number of nitrogens with zero attached hydrogens (tertiary/aromatic N) is 3. The molecule has 0 aliphatic carbocycles. The molecule has 7 heteroatoms. The van der Waals surface area contributed by atoms with Crippen LogP contribution in [0.15, 0.2) is 78.0 Å². The molecule has 0 amide bonds. The second-order valence-electron chi connectivity index (χ2n) is 8.45. The maximum absolute atomic E-state index is 6.46. The number of unbranched alkanes of at least 4 members (excludes halogenated alkanes) is 1. The van der Waals surface area contributed by atoms with E-state index in [0.717, 1.165) is 41.2 Å². The molecule has 0 bridgehead atoms. The lowest BCUT2D eigenvalue weighted by Gasteiger charge is -2.22. The van der Waals surface area contributed by atoms with Gasteiger partial charge in [-0.1, -0.05) is 85.3 Å². The average Bonchev–Trinajstić information content (AvgIpc) is 3.05. The summed E-state index contributed by atoms with van der Waals surface area (Å²) in [5.74, 6) is 2.01. The molecule has 2 heterocycles. The predicted molar refractivity (Wildman–Crippen MR) is 140 cm³/mol. The van der Waals surface area contributed by atoms with Crippen molar-refractivity contribution in [1.29, 1.82) is 0 Å². The summed E-state index contributed by atoms with van der Waals surface area (Å²) in [7, 11) is 0. The number of aryl methyl sites for hydroxylation is 1. The molecule has 178 valence electrons. The zero-order valence-corrected chi connectivity index (χ0v) is 20.7. The molecule has 3 aromatic carbocycles. The fraction of sp³-hybridized carbons (Fsp3) is 0.250. The molecule has 0 unspecified atom stereocenters.